The summed E-state index contributed by atoms with van der Waals surface area (Å²) in [4.78, 5) is 13.5. The fourth-order valence-corrected chi connectivity index (χ4v) is 4.17. The molecule has 5 heteroatoms. The van der Waals surface area contributed by atoms with E-state index in [1.54, 1.807) is 0 Å². The molecule has 2 aromatic carbocycles. The Morgan fingerprint density at radius 3 is 2.27 bits per heavy atom. The SMILES string of the molecule is Cc1ccccc1N(C(N)=O)c1ccccc1[P+](=O)C1CC1. The van der Waals surface area contributed by atoms with E-state index in [2.05, 4.69) is 0 Å². The molecular formula is C17H18N2O2P+. The molecule has 1 fully saturated rings. The van der Waals surface area contributed by atoms with Gasteiger partial charge in [-0.2, -0.15) is 0 Å². The Morgan fingerprint density at radius 2 is 1.68 bits per heavy atom. The average Bonchev–Trinajstić information content (AvgIpc) is 3.34. The predicted octanol–water partition coefficient (Wildman–Crippen LogP) is 3.83. The number of carbonyl (C=O) groups excluding carboxylic acids is 1. The van der Waals surface area contributed by atoms with Crippen LogP contribution in [0.5, 0.6) is 0 Å². The molecule has 1 aliphatic rings. The van der Waals surface area contributed by atoms with Crippen molar-refractivity contribution < 1.29 is 9.36 Å². The number of nitrogens with zero attached hydrogens (tertiary/aromatic N) is 1. The van der Waals surface area contributed by atoms with Crippen molar-refractivity contribution in [1.29, 1.82) is 0 Å². The largest absolute Gasteiger partial charge is 0.382 e. The molecule has 2 N–H and O–H groups in total. The van der Waals surface area contributed by atoms with Crippen LogP contribution in [-0.4, -0.2) is 11.7 Å². The summed E-state index contributed by atoms with van der Waals surface area (Å²) in [5, 5.41) is 0.710. The summed E-state index contributed by atoms with van der Waals surface area (Å²) in [6.45, 7) is 1.93. The van der Waals surface area contributed by atoms with Gasteiger partial charge in [0.05, 0.1) is 5.69 Å². The molecule has 1 saturated carbocycles. The minimum atomic E-state index is -1.50. The summed E-state index contributed by atoms with van der Waals surface area (Å²) in [6.07, 6.45) is 1.98. The zero-order valence-electron chi connectivity index (χ0n) is 12.4. The van der Waals surface area contributed by atoms with E-state index in [0.29, 0.717) is 11.0 Å². The van der Waals surface area contributed by atoms with Crippen molar-refractivity contribution in [1.82, 2.24) is 0 Å². The van der Waals surface area contributed by atoms with E-state index >= 15 is 0 Å². The van der Waals surface area contributed by atoms with Crippen LogP contribution < -0.4 is 15.9 Å². The van der Waals surface area contributed by atoms with E-state index in [0.717, 1.165) is 24.1 Å². The van der Waals surface area contributed by atoms with Crippen LogP contribution in [0.1, 0.15) is 18.4 Å². The van der Waals surface area contributed by atoms with E-state index in [1.165, 1.54) is 4.90 Å². The first-order valence-corrected chi connectivity index (χ1v) is 8.63. The maximum atomic E-state index is 12.6. The van der Waals surface area contributed by atoms with Crippen molar-refractivity contribution in [2.24, 2.45) is 5.73 Å². The number of urea groups is 1. The zero-order chi connectivity index (χ0) is 15.7. The van der Waals surface area contributed by atoms with Gasteiger partial charge in [0, 0.05) is 0 Å². The number of aryl methyl sites for hydroxylation is 1. The number of benzene rings is 2. The van der Waals surface area contributed by atoms with Crippen molar-refractivity contribution in [2.45, 2.75) is 25.4 Å². The number of anilines is 2. The van der Waals surface area contributed by atoms with Crippen LogP contribution in [0.3, 0.4) is 0 Å². The van der Waals surface area contributed by atoms with E-state index in [1.807, 2.05) is 55.5 Å². The van der Waals surface area contributed by atoms with Crippen LogP contribution >= 0.6 is 7.80 Å². The first kappa shape index (κ1) is 14.7. The molecule has 0 saturated heterocycles. The molecule has 0 spiro atoms. The molecular weight excluding hydrogens is 295 g/mol. The summed E-state index contributed by atoms with van der Waals surface area (Å²) in [7, 11) is -1.50. The smallest absolute Gasteiger partial charge is 0.351 e. The van der Waals surface area contributed by atoms with Crippen molar-refractivity contribution in [3.05, 3.63) is 54.1 Å². The lowest BCUT2D eigenvalue weighted by Crippen LogP contribution is -2.34. The number of rotatable bonds is 4. The Hall–Kier alpha value is -2.19. The third-order valence-electron chi connectivity index (χ3n) is 3.82. The van der Waals surface area contributed by atoms with Crippen molar-refractivity contribution in [3.63, 3.8) is 0 Å². The normalized spacial score (nSPS) is 14.5. The fraction of sp³-hybridized carbons (Fsp3) is 0.235. The van der Waals surface area contributed by atoms with Gasteiger partial charge in [-0.25, -0.2) is 4.79 Å². The van der Waals surface area contributed by atoms with Crippen LogP contribution in [0, 0.1) is 6.92 Å². The second kappa shape index (κ2) is 5.90. The molecule has 2 amide bonds. The van der Waals surface area contributed by atoms with E-state index in [4.69, 9.17) is 5.73 Å². The monoisotopic (exact) mass is 313 g/mol. The lowest BCUT2D eigenvalue weighted by molar-refractivity contribution is 0.256. The molecule has 3 rings (SSSR count). The minimum absolute atomic E-state index is 0.239. The zero-order valence-corrected chi connectivity index (χ0v) is 13.3. The maximum absolute atomic E-state index is 12.6. The van der Waals surface area contributed by atoms with Crippen LogP contribution in [0.4, 0.5) is 16.2 Å². The van der Waals surface area contributed by atoms with Gasteiger partial charge in [0.1, 0.15) is 5.69 Å². The number of carbonyl (C=O) groups is 1. The Balaban J connectivity index is 2.12. The van der Waals surface area contributed by atoms with Gasteiger partial charge in [-0.05, 0) is 43.5 Å². The van der Waals surface area contributed by atoms with Gasteiger partial charge in [-0.1, -0.05) is 34.9 Å². The highest BCUT2D eigenvalue weighted by atomic mass is 31.1. The van der Waals surface area contributed by atoms with Gasteiger partial charge in [-0.15, -0.1) is 0 Å². The van der Waals surface area contributed by atoms with Crippen LogP contribution in [-0.2, 0) is 4.57 Å². The van der Waals surface area contributed by atoms with E-state index < -0.39 is 13.8 Å². The molecule has 2 aromatic rings. The molecule has 0 heterocycles. The number of nitrogens with two attached hydrogens (primary N) is 1. The summed E-state index contributed by atoms with van der Waals surface area (Å²) < 4.78 is 12.6. The number of para-hydroxylation sites is 2. The number of hydrogen-bond acceptors (Lipinski definition) is 2. The third-order valence-corrected chi connectivity index (χ3v) is 5.85. The molecule has 1 aliphatic carbocycles. The van der Waals surface area contributed by atoms with Gasteiger partial charge in [0.2, 0.25) is 5.30 Å². The summed E-state index contributed by atoms with van der Waals surface area (Å²) in [6, 6.07) is 14.3. The molecule has 1 atom stereocenters. The second-order valence-electron chi connectivity index (χ2n) is 5.51. The molecule has 0 aromatic heterocycles. The first-order valence-electron chi connectivity index (χ1n) is 7.30. The topological polar surface area (TPSA) is 63.4 Å². The lowest BCUT2D eigenvalue weighted by Gasteiger charge is -2.22. The van der Waals surface area contributed by atoms with Gasteiger partial charge < -0.3 is 5.73 Å². The number of hydrogen-bond donors (Lipinski definition) is 1. The summed E-state index contributed by atoms with van der Waals surface area (Å²) in [5.41, 5.74) is 8.15. The number of primary amides is 1. The van der Waals surface area contributed by atoms with E-state index in [-0.39, 0.29) is 5.66 Å². The molecule has 1 unspecified atom stereocenters. The first-order chi connectivity index (χ1) is 10.6. The Morgan fingerprint density at radius 1 is 1.09 bits per heavy atom. The molecule has 0 radical (unpaired) electrons. The van der Waals surface area contributed by atoms with Gasteiger partial charge in [0.25, 0.3) is 0 Å². The van der Waals surface area contributed by atoms with Crippen LogP contribution in [0.2, 0.25) is 0 Å². The van der Waals surface area contributed by atoms with Crippen LogP contribution in [0.25, 0.3) is 0 Å². The fourth-order valence-electron chi connectivity index (χ4n) is 2.53. The molecule has 22 heavy (non-hydrogen) atoms. The Bertz CT molecular complexity index is 741. The molecule has 112 valence electrons. The lowest BCUT2D eigenvalue weighted by atomic mass is 10.1. The van der Waals surface area contributed by atoms with Gasteiger partial charge in [0.15, 0.2) is 5.66 Å². The molecule has 0 bridgehead atoms. The number of amides is 2. The highest BCUT2D eigenvalue weighted by Gasteiger charge is 2.44. The Kier molecular flexibility index (Phi) is 3.95. The van der Waals surface area contributed by atoms with Gasteiger partial charge >= 0.3 is 13.8 Å². The Labute approximate surface area is 130 Å². The highest BCUT2D eigenvalue weighted by molar-refractivity contribution is 7.55. The maximum Gasteiger partial charge on any atom is 0.382 e. The summed E-state index contributed by atoms with van der Waals surface area (Å²) in [5.74, 6) is 0. The van der Waals surface area contributed by atoms with Crippen molar-refractivity contribution in [3.8, 4) is 0 Å². The highest BCUT2D eigenvalue weighted by Crippen LogP contribution is 2.46. The molecule has 0 aliphatic heterocycles. The minimum Gasteiger partial charge on any atom is -0.351 e. The standard InChI is InChI=1S/C17H17N2O2P/c1-12-6-2-3-7-14(12)19(17(18)20)15-8-4-5-9-16(15)22(21)13-10-11-13/h2-9,13H,10-11H2,1H3,(H-,18,20)/p+1. The quantitative estimate of drug-likeness (QED) is 0.872. The molecule has 4 nitrogen and oxygen atoms in total. The summed E-state index contributed by atoms with van der Waals surface area (Å²) >= 11 is 0. The van der Waals surface area contributed by atoms with Crippen LogP contribution in [0.15, 0.2) is 48.5 Å². The average molecular weight is 313 g/mol. The second-order valence-corrected chi connectivity index (χ2v) is 7.37. The van der Waals surface area contributed by atoms with Gasteiger partial charge in [-0.3, -0.25) is 4.90 Å². The van der Waals surface area contributed by atoms with Crippen molar-refractivity contribution >= 4 is 30.5 Å². The van der Waals surface area contributed by atoms with Crippen molar-refractivity contribution in [2.75, 3.05) is 4.90 Å². The third kappa shape index (κ3) is 2.75. The van der Waals surface area contributed by atoms with E-state index in [9.17, 15) is 9.36 Å². The predicted molar refractivity (Wildman–Crippen MR) is 89.6 cm³/mol.